The minimum atomic E-state index is 0.661. The number of benzene rings is 1. The third kappa shape index (κ3) is 5.00. The molecule has 5 nitrogen and oxygen atoms in total. The van der Waals surface area contributed by atoms with Crippen LogP contribution in [0.3, 0.4) is 0 Å². The number of aliphatic imine (C=N–C) groups is 2. The first-order chi connectivity index (χ1) is 13.0. The number of unbranched alkanes of at least 4 members (excludes halogenated alkanes) is 1. The summed E-state index contributed by atoms with van der Waals surface area (Å²) in [6, 6.07) is 5.86. The molecule has 0 radical (unpaired) electrons. The van der Waals surface area contributed by atoms with Crippen LogP contribution in [0.25, 0.3) is 0 Å². The van der Waals surface area contributed by atoms with E-state index < -0.39 is 0 Å². The highest BCUT2D eigenvalue weighted by atomic mass is 16.5. The molecule has 1 aliphatic rings. The van der Waals surface area contributed by atoms with Gasteiger partial charge in [-0.3, -0.25) is 4.99 Å². The Kier molecular flexibility index (Phi) is 7.65. The quantitative estimate of drug-likeness (QED) is 0.471. The summed E-state index contributed by atoms with van der Waals surface area (Å²) in [6.45, 7) is 11.7. The highest BCUT2D eigenvalue weighted by Gasteiger charge is 2.29. The van der Waals surface area contributed by atoms with Crippen molar-refractivity contribution >= 4 is 11.7 Å². The molecular weight excluding hydrogens is 338 g/mol. The Labute approximate surface area is 163 Å². The summed E-state index contributed by atoms with van der Waals surface area (Å²) in [5, 5.41) is 0. The molecule has 0 bridgehead atoms. The van der Waals surface area contributed by atoms with Crippen LogP contribution in [0, 0.1) is 0 Å². The average molecular weight is 370 g/mol. The van der Waals surface area contributed by atoms with E-state index in [4.69, 9.17) is 19.5 Å². The van der Waals surface area contributed by atoms with Crippen molar-refractivity contribution in [2.45, 2.75) is 40.0 Å². The first-order valence-corrected chi connectivity index (χ1v) is 9.44. The van der Waals surface area contributed by atoms with Crippen molar-refractivity contribution < 1.29 is 9.47 Å². The number of amidine groups is 2. The van der Waals surface area contributed by atoms with Crippen molar-refractivity contribution in [3.8, 4) is 11.5 Å². The molecule has 0 aromatic heterocycles. The zero-order chi connectivity index (χ0) is 19.8. The Hall–Kier alpha value is -2.56. The van der Waals surface area contributed by atoms with E-state index in [-0.39, 0.29) is 0 Å². The molecule has 1 aromatic rings. The largest absolute Gasteiger partial charge is 0.497 e. The summed E-state index contributed by atoms with van der Waals surface area (Å²) in [6.07, 6.45) is 4.59. The maximum atomic E-state index is 5.55. The number of allylic oxidation sites excluding steroid dienone is 2. The Morgan fingerprint density at radius 1 is 1.26 bits per heavy atom. The van der Waals surface area contributed by atoms with Crippen molar-refractivity contribution in [2.24, 2.45) is 9.98 Å². The van der Waals surface area contributed by atoms with Gasteiger partial charge in [0.1, 0.15) is 23.0 Å². The van der Waals surface area contributed by atoms with E-state index in [1.54, 1.807) is 14.2 Å². The van der Waals surface area contributed by atoms with E-state index in [0.29, 0.717) is 6.42 Å². The maximum Gasteiger partial charge on any atom is 0.155 e. The fourth-order valence-electron chi connectivity index (χ4n) is 3.09. The van der Waals surface area contributed by atoms with Crippen LogP contribution in [0.2, 0.25) is 0 Å². The lowest BCUT2D eigenvalue weighted by molar-refractivity contribution is 0.399. The van der Waals surface area contributed by atoms with Crippen LogP contribution in [-0.4, -0.2) is 43.9 Å². The summed E-state index contributed by atoms with van der Waals surface area (Å²) in [7, 11) is 3.36. The average Bonchev–Trinajstić information content (AvgIpc) is 3.00. The summed E-state index contributed by atoms with van der Waals surface area (Å²) < 4.78 is 10.9. The van der Waals surface area contributed by atoms with E-state index in [0.717, 1.165) is 60.4 Å². The minimum absolute atomic E-state index is 0.661. The molecule has 146 valence electrons. The first kappa shape index (κ1) is 20.7. The van der Waals surface area contributed by atoms with E-state index in [1.807, 2.05) is 24.3 Å². The number of hydrogen-bond acceptors (Lipinski definition) is 4. The molecule has 0 saturated carbocycles. The molecule has 1 aromatic carbocycles. The molecule has 0 spiro atoms. The van der Waals surface area contributed by atoms with Crippen molar-refractivity contribution in [2.75, 3.05) is 27.3 Å². The predicted octanol–water partition coefficient (Wildman–Crippen LogP) is 4.64. The molecule has 0 fully saturated rings. The predicted molar refractivity (Wildman–Crippen MR) is 113 cm³/mol. The number of hydrogen-bond donors (Lipinski definition) is 0. The van der Waals surface area contributed by atoms with Gasteiger partial charge in [0.25, 0.3) is 0 Å². The van der Waals surface area contributed by atoms with Crippen molar-refractivity contribution in [1.82, 2.24) is 4.90 Å². The summed E-state index contributed by atoms with van der Waals surface area (Å²) in [5.74, 6) is 3.61. The van der Waals surface area contributed by atoms with Gasteiger partial charge in [0.15, 0.2) is 5.84 Å². The van der Waals surface area contributed by atoms with Gasteiger partial charge < -0.3 is 14.4 Å². The second-order valence-corrected chi connectivity index (χ2v) is 6.61. The lowest BCUT2D eigenvalue weighted by Gasteiger charge is -2.22. The van der Waals surface area contributed by atoms with Crippen LogP contribution in [0.1, 0.15) is 39.2 Å². The van der Waals surface area contributed by atoms with E-state index in [9.17, 15) is 0 Å². The third-order valence-corrected chi connectivity index (χ3v) is 4.43. The zero-order valence-corrected chi connectivity index (χ0v) is 17.2. The second-order valence-electron chi connectivity index (χ2n) is 6.61. The minimum Gasteiger partial charge on any atom is -0.497 e. The van der Waals surface area contributed by atoms with E-state index >= 15 is 0 Å². The summed E-state index contributed by atoms with van der Waals surface area (Å²) >= 11 is 0. The van der Waals surface area contributed by atoms with Gasteiger partial charge in [-0.2, -0.15) is 0 Å². The number of methoxy groups -OCH3 is 2. The van der Waals surface area contributed by atoms with Gasteiger partial charge in [0, 0.05) is 25.1 Å². The zero-order valence-electron chi connectivity index (χ0n) is 17.2. The SMILES string of the molecule is C=CCCCN1C(Cc2cc(OC)ccc2OC)=NC(=C(C)C)C1=NCC. The van der Waals surface area contributed by atoms with Gasteiger partial charge in [-0.25, -0.2) is 4.99 Å². The maximum absolute atomic E-state index is 5.55. The Morgan fingerprint density at radius 3 is 2.63 bits per heavy atom. The topological polar surface area (TPSA) is 46.4 Å². The van der Waals surface area contributed by atoms with Crippen LogP contribution in [-0.2, 0) is 6.42 Å². The van der Waals surface area contributed by atoms with Crippen molar-refractivity contribution in [3.05, 3.63) is 47.7 Å². The fraction of sp³-hybridized carbons (Fsp3) is 0.455. The monoisotopic (exact) mass is 369 g/mol. The number of rotatable bonds is 9. The third-order valence-electron chi connectivity index (χ3n) is 4.43. The first-order valence-electron chi connectivity index (χ1n) is 9.44. The molecule has 0 saturated heterocycles. The van der Waals surface area contributed by atoms with Crippen molar-refractivity contribution in [3.63, 3.8) is 0 Å². The Balaban J connectivity index is 2.42. The molecule has 0 aliphatic carbocycles. The molecule has 0 atom stereocenters. The van der Waals surface area contributed by atoms with Gasteiger partial charge in [-0.1, -0.05) is 6.08 Å². The molecule has 0 amide bonds. The molecule has 27 heavy (non-hydrogen) atoms. The molecule has 0 unspecified atom stereocenters. The van der Waals surface area contributed by atoms with Gasteiger partial charge in [-0.15, -0.1) is 6.58 Å². The van der Waals surface area contributed by atoms with E-state index in [2.05, 4.69) is 32.3 Å². The molecule has 1 heterocycles. The standard InChI is InChI=1S/C22H31N3O2/c1-7-9-10-13-25-20(24-21(16(3)4)22(25)23-8-2)15-17-14-18(26-5)11-12-19(17)27-6/h7,11-12,14H,1,8-10,13,15H2,2-6H3. The lowest BCUT2D eigenvalue weighted by Crippen LogP contribution is -2.34. The van der Waals surface area contributed by atoms with Gasteiger partial charge in [0.05, 0.1) is 14.2 Å². The van der Waals surface area contributed by atoms with Gasteiger partial charge in [-0.05, 0) is 57.4 Å². The summed E-state index contributed by atoms with van der Waals surface area (Å²) in [4.78, 5) is 11.9. The molecule has 2 rings (SSSR count). The molecule has 5 heteroatoms. The Morgan fingerprint density at radius 2 is 2.04 bits per heavy atom. The normalized spacial score (nSPS) is 15.1. The molecule has 1 aliphatic heterocycles. The summed E-state index contributed by atoms with van der Waals surface area (Å²) in [5.41, 5.74) is 3.20. The molecular formula is C22H31N3O2. The van der Waals surface area contributed by atoms with Crippen LogP contribution in [0.15, 0.2) is 52.1 Å². The lowest BCUT2D eigenvalue weighted by atomic mass is 10.1. The van der Waals surface area contributed by atoms with Crippen LogP contribution in [0.5, 0.6) is 11.5 Å². The van der Waals surface area contributed by atoms with Crippen LogP contribution in [0.4, 0.5) is 0 Å². The van der Waals surface area contributed by atoms with Gasteiger partial charge in [0.2, 0.25) is 0 Å². The Bertz CT molecular complexity index is 759. The molecule has 0 N–H and O–H groups in total. The number of nitrogens with zero attached hydrogens (tertiary/aromatic N) is 3. The smallest absolute Gasteiger partial charge is 0.155 e. The second kappa shape index (κ2) is 9.95. The van der Waals surface area contributed by atoms with Crippen LogP contribution < -0.4 is 9.47 Å². The number of ether oxygens (including phenoxy) is 2. The van der Waals surface area contributed by atoms with E-state index in [1.165, 1.54) is 5.57 Å². The van der Waals surface area contributed by atoms with Gasteiger partial charge >= 0.3 is 0 Å². The highest BCUT2D eigenvalue weighted by Crippen LogP contribution is 2.28. The highest BCUT2D eigenvalue weighted by molar-refractivity contribution is 6.15. The van der Waals surface area contributed by atoms with Crippen LogP contribution >= 0.6 is 0 Å². The van der Waals surface area contributed by atoms with Crippen molar-refractivity contribution in [1.29, 1.82) is 0 Å². The fourth-order valence-corrected chi connectivity index (χ4v) is 3.09.